The lowest BCUT2D eigenvalue weighted by Crippen LogP contribution is -2.39. The van der Waals surface area contributed by atoms with Crippen LogP contribution in [-0.4, -0.2) is 31.4 Å². The first kappa shape index (κ1) is 19.4. The van der Waals surface area contributed by atoms with E-state index in [4.69, 9.17) is 9.47 Å². The molecule has 0 radical (unpaired) electrons. The molecule has 7 nitrogen and oxygen atoms in total. The third-order valence-electron chi connectivity index (χ3n) is 4.44. The van der Waals surface area contributed by atoms with Crippen LogP contribution < -0.4 is 19.7 Å². The van der Waals surface area contributed by atoms with Crippen LogP contribution in [0, 0.1) is 5.41 Å². The maximum Gasteiger partial charge on any atom is 0.308 e. The molecule has 0 aliphatic carbocycles. The lowest BCUT2D eigenvalue weighted by molar-refractivity contribution is -0.132. The number of amides is 2. The number of fused-ring (bicyclic) bond motifs is 1. The van der Waals surface area contributed by atoms with E-state index in [0.717, 1.165) is 0 Å². The minimum absolute atomic E-state index is 0.0741. The summed E-state index contributed by atoms with van der Waals surface area (Å²) in [6.07, 6.45) is 0. The molecule has 0 saturated carbocycles. The predicted octanol–water partition coefficient (Wildman–Crippen LogP) is 3.25. The molecule has 1 aliphatic heterocycles. The molecule has 0 saturated heterocycles. The fourth-order valence-electron chi connectivity index (χ4n) is 2.96. The Morgan fingerprint density at radius 2 is 1.89 bits per heavy atom. The Balaban J connectivity index is 1.88. The van der Waals surface area contributed by atoms with Gasteiger partial charge in [-0.15, -0.1) is 0 Å². The van der Waals surface area contributed by atoms with Crippen LogP contribution in [0.25, 0.3) is 0 Å². The van der Waals surface area contributed by atoms with Crippen molar-refractivity contribution in [3.63, 3.8) is 0 Å². The number of nitrogens with one attached hydrogen (secondary N) is 1. The minimum atomic E-state index is -0.653. The van der Waals surface area contributed by atoms with E-state index in [9.17, 15) is 14.4 Å². The largest absolute Gasteiger partial charge is 0.490 e. The maximum absolute atomic E-state index is 12.7. The summed E-state index contributed by atoms with van der Waals surface area (Å²) in [4.78, 5) is 38.1. The van der Waals surface area contributed by atoms with Gasteiger partial charge in [-0.1, -0.05) is 12.1 Å². The van der Waals surface area contributed by atoms with Gasteiger partial charge in [0.25, 0.3) is 5.91 Å². The molecule has 0 fully saturated rings. The molecule has 2 amide bonds. The summed E-state index contributed by atoms with van der Waals surface area (Å²) in [5.74, 6) is -0.264. The monoisotopic (exact) mass is 382 g/mol. The van der Waals surface area contributed by atoms with Crippen molar-refractivity contribution in [2.75, 3.05) is 23.9 Å². The number of para-hydroxylation sites is 1. The Labute approximate surface area is 163 Å². The molecule has 1 aliphatic rings. The summed E-state index contributed by atoms with van der Waals surface area (Å²) in [5.41, 5.74) is 0.639. The number of anilines is 2. The first-order chi connectivity index (χ1) is 13.2. The number of rotatable bonds is 3. The highest BCUT2D eigenvalue weighted by Crippen LogP contribution is 2.37. The van der Waals surface area contributed by atoms with Crippen LogP contribution in [-0.2, 0) is 9.59 Å². The van der Waals surface area contributed by atoms with Crippen LogP contribution in [0.2, 0.25) is 0 Å². The van der Waals surface area contributed by atoms with Crippen molar-refractivity contribution in [3.8, 4) is 11.5 Å². The van der Waals surface area contributed by atoms with Gasteiger partial charge >= 0.3 is 5.97 Å². The first-order valence-electron chi connectivity index (χ1n) is 8.83. The Hall–Kier alpha value is -3.35. The number of carbonyl (C=O) groups is 3. The molecule has 2 aromatic rings. The van der Waals surface area contributed by atoms with Crippen LogP contribution >= 0.6 is 0 Å². The third kappa shape index (κ3) is 3.83. The molecule has 146 valence electrons. The first-order valence-corrected chi connectivity index (χ1v) is 8.83. The Bertz CT molecular complexity index is 952. The summed E-state index contributed by atoms with van der Waals surface area (Å²) in [6, 6.07) is 11.6. The van der Waals surface area contributed by atoms with Crippen LogP contribution in [0.15, 0.2) is 42.5 Å². The number of nitrogens with zero attached hydrogens (tertiary/aromatic N) is 1. The van der Waals surface area contributed by atoms with Gasteiger partial charge in [-0.2, -0.15) is 0 Å². The van der Waals surface area contributed by atoms with E-state index in [-0.39, 0.29) is 23.8 Å². The minimum Gasteiger partial charge on any atom is -0.490 e. The number of carbonyl (C=O) groups excluding carboxylic acids is 3. The molecule has 2 aromatic carbocycles. The lowest BCUT2D eigenvalue weighted by Gasteiger charge is -2.24. The molecular weight excluding hydrogens is 360 g/mol. The lowest BCUT2D eigenvalue weighted by atomic mass is 9.93. The summed E-state index contributed by atoms with van der Waals surface area (Å²) in [5, 5.41) is 2.77. The van der Waals surface area contributed by atoms with Crippen molar-refractivity contribution in [2.24, 2.45) is 5.41 Å². The van der Waals surface area contributed by atoms with Crippen molar-refractivity contribution in [2.45, 2.75) is 20.8 Å². The number of benzene rings is 2. The second-order valence-corrected chi connectivity index (χ2v) is 7.26. The molecule has 28 heavy (non-hydrogen) atoms. The summed E-state index contributed by atoms with van der Waals surface area (Å²) >= 11 is 0. The molecule has 0 bridgehead atoms. The van der Waals surface area contributed by atoms with Crippen LogP contribution in [0.3, 0.4) is 0 Å². The molecule has 0 unspecified atom stereocenters. The average molecular weight is 382 g/mol. The zero-order valence-electron chi connectivity index (χ0n) is 16.2. The highest BCUT2D eigenvalue weighted by molar-refractivity contribution is 6.07. The number of ether oxygens (including phenoxy) is 2. The van der Waals surface area contributed by atoms with Crippen molar-refractivity contribution >= 4 is 29.2 Å². The van der Waals surface area contributed by atoms with Gasteiger partial charge in [0.05, 0.1) is 16.7 Å². The zero-order valence-corrected chi connectivity index (χ0v) is 16.2. The van der Waals surface area contributed by atoms with Gasteiger partial charge in [0.2, 0.25) is 5.91 Å². The van der Waals surface area contributed by atoms with Crippen molar-refractivity contribution in [1.82, 2.24) is 0 Å². The molecule has 3 rings (SSSR count). The molecule has 1 heterocycles. The Kier molecular flexibility index (Phi) is 5.09. The quantitative estimate of drug-likeness (QED) is 0.651. The third-order valence-corrected chi connectivity index (χ3v) is 4.44. The molecule has 0 atom stereocenters. The highest BCUT2D eigenvalue weighted by Gasteiger charge is 2.36. The number of esters is 1. The standard InChI is InChI=1S/C21H22N2O5/c1-13(24)28-17-8-6-5-7-15(17)19(25)22-14-9-10-18-16(11-14)23(4)20(26)21(2,3)12-27-18/h5-11H,12H2,1-4H3,(H,22,25). The van der Waals surface area contributed by atoms with Crippen LogP contribution in [0.1, 0.15) is 31.1 Å². The van der Waals surface area contributed by atoms with Crippen LogP contribution in [0.5, 0.6) is 11.5 Å². The van der Waals surface area contributed by atoms with Crippen LogP contribution in [0.4, 0.5) is 11.4 Å². The van der Waals surface area contributed by atoms with E-state index in [1.165, 1.54) is 11.8 Å². The number of hydrogen-bond acceptors (Lipinski definition) is 5. The molecular formula is C21H22N2O5. The van der Waals surface area contributed by atoms with E-state index in [0.29, 0.717) is 17.1 Å². The normalized spacial score (nSPS) is 15.1. The van der Waals surface area contributed by atoms with Gasteiger partial charge < -0.3 is 19.7 Å². The van der Waals surface area contributed by atoms with Crippen molar-refractivity contribution < 1.29 is 23.9 Å². The second kappa shape index (κ2) is 7.34. The highest BCUT2D eigenvalue weighted by atomic mass is 16.5. The Morgan fingerprint density at radius 3 is 2.61 bits per heavy atom. The predicted molar refractivity (Wildman–Crippen MR) is 105 cm³/mol. The summed E-state index contributed by atoms with van der Waals surface area (Å²) in [6.45, 7) is 5.19. The molecule has 0 aromatic heterocycles. The molecule has 7 heteroatoms. The number of hydrogen-bond donors (Lipinski definition) is 1. The fraction of sp³-hybridized carbons (Fsp3) is 0.286. The van der Waals surface area contributed by atoms with Gasteiger partial charge in [-0.25, -0.2) is 0 Å². The van der Waals surface area contributed by atoms with E-state index in [1.807, 2.05) is 13.8 Å². The fourth-order valence-corrected chi connectivity index (χ4v) is 2.96. The summed E-state index contributed by atoms with van der Waals surface area (Å²) < 4.78 is 10.9. The zero-order chi connectivity index (χ0) is 20.5. The second-order valence-electron chi connectivity index (χ2n) is 7.26. The maximum atomic E-state index is 12.7. The van der Waals surface area contributed by atoms with Gasteiger partial charge in [0.1, 0.15) is 18.1 Å². The van der Waals surface area contributed by atoms with Gasteiger partial charge in [-0.05, 0) is 44.2 Å². The van der Waals surface area contributed by atoms with E-state index in [2.05, 4.69) is 5.32 Å². The molecule has 1 N–H and O–H groups in total. The van der Waals surface area contributed by atoms with Crippen molar-refractivity contribution in [1.29, 1.82) is 0 Å². The SMILES string of the molecule is CC(=O)Oc1ccccc1C(=O)Nc1ccc2c(c1)N(C)C(=O)C(C)(C)CO2. The smallest absolute Gasteiger partial charge is 0.308 e. The van der Waals surface area contributed by atoms with E-state index in [1.54, 1.807) is 49.5 Å². The van der Waals surface area contributed by atoms with E-state index >= 15 is 0 Å². The van der Waals surface area contributed by atoms with Crippen molar-refractivity contribution in [3.05, 3.63) is 48.0 Å². The van der Waals surface area contributed by atoms with Gasteiger partial charge in [-0.3, -0.25) is 14.4 Å². The Morgan fingerprint density at radius 1 is 1.18 bits per heavy atom. The topological polar surface area (TPSA) is 84.9 Å². The van der Waals surface area contributed by atoms with Gasteiger partial charge in [0.15, 0.2) is 0 Å². The molecule has 0 spiro atoms. The average Bonchev–Trinajstić information content (AvgIpc) is 2.72. The van der Waals surface area contributed by atoms with E-state index < -0.39 is 17.3 Å². The van der Waals surface area contributed by atoms with Gasteiger partial charge in [0, 0.05) is 19.7 Å². The summed E-state index contributed by atoms with van der Waals surface area (Å²) in [7, 11) is 1.68.